The minimum atomic E-state index is -0.791. The predicted octanol–water partition coefficient (Wildman–Crippen LogP) is 5.73. The molecule has 0 bridgehead atoms. The van der Waals surface area contributed by atoms with Gasteiger partial charge in [0.15, 0.2) is 0 Å². The van der Waals surface area contributed by atoms with Crippen molar-refractivity contribution >= 4 is 11.9 Å². The van der Waals surface area contributed by atoms with Crippen LogP contribution in [0.15, 0.2) is 60.8 Å². The third-order valence-electron chi connectivity index (χ3n) is 7.29. The lowest BCUT2D eigenvalue weighted by Crippen LogP contribution is -2.47. The van der Waals surface area contributed by atoms with Crippen LogP contribution in [0.1, 0.15) is 58.6 Å². The lowest BCUT2D eigenvalue weighted by Gasteiger charge is -2.39. The summed E-state index contributed by atoms with van der Waals surface area (Å²) in [5.41, 5.74) is 4.65. The van der Waals surface area contributed by atoms with Gasteiger partial charge >= 0.3 is 5.97 Å². The molecule has 0 aliphatic heterocycles. The lowest BCUT2D eigenvalue weighted by molar-refractivity contribution is -0.155. The van der Waals surface area contributed by atoms with Crippen LogP contribution in [0.5, 0.6) is 0 Å². The van der Waals surface area contributed by atoms with E-state index in [9.17, 15) is 14.0 Å². The number of esters is 1. The molecule has 3 aromatic rings. The number of aryl methyl sites for hydroxylation is 3. The number of ether oxygens (including phenoxy) is 1. The number of carbonyl (C=O) groups is 2. The zero-order chi connectivity index (χ0) is 28.0. The molecular weight excluding hydrogens is 495 g/mol. The van der Waals surface area contributed by atoms with Gasteiger partial charge in [0, 0.05) is 34.8 Å². The predicted molar refractivity (Wildman–Crippen MR) is 148 cm³/mol. The number of methoxy groups -OCH3 is 1. The molecule has 0 spiro atoms. The van der Waals surface area contributed by atoms with Crippen molar-refractivity contribution in [1.29, 1.82) is 0 Å². The second kappa shape index (κ2) is 12.2. The van der Waals surface area contributed by atoms with Crippen molar-refractivity contribution in [1.82, 2.24) is 20.5 Å². The number of nitrogens with one attached hydrogen (secondary N) is 2. The third kappa shape index (κ3) is 6.88. The molecule has 39 heavy (non-hydrogen) atoms. The van der Waals surface area contributed by atoms with Crippen molar-refractivity contribution in [2.45, 2.75) is 58.9 Å². The second-order valence-electron chi connectivity index (χ2n) is 10.4. The molecule has 1 aliphatic carbocycles. The van der Waals surface area contributed by atoms with Crippen LogP contribution < -0.4 is 5.32 Å². The Morgan fingerprint density at radius 2 is 1.87 bits per heavy atom. The summed E-state index contributed by atoms with van der Waals surface area (Å²) in [6.07, 6.45) is 4.76. The highest BCUT2D eigenvalue weighted by molar-refractivity contribution is 5.94. The van der Waals surface area contributed by atoms with Gasteiger partial charge in [-0.1, -0.05) is 18.6 Å². The number of benzene rings is 1. The highest BCUT2D eigenvalue weighted by Crippen LogP contribution is 2.40. The van der Waals surface area contributed by atoms with Crippen LogP contribution in [-0.4, -0.2) is 40.2 Å². The van der Waals surface area contributed by atoms with Gasteiger partial charge in [-0.3, -0.25) is 19.7 Å². The van der Waals surface area contributed by atoms with Crippen molar-refractivity contribution in [3.63, 3.8) is 0 Å². The van der Waals surface area contributed by atoms with E-state index in [4.69, 9.17) is 4.74 Å². The molecule has 2 unspecified atom stereocenters. The summed E-state index contributed by atoms with van der Waals surface area (Å²) in [6, 6.07) is 15.2. The largest absolute Gasteiger partial charge is 0.469 e. The number of amides is 1. The number of hydrogen-bond donors (Lipinski definition) is 2. The lowest BCUT2D eigenvalue weighted by atomic mass is 9.68. The summed E-state index contributed by atoms with van der Waals surface area (Å²) in [5, 5.41) is 10.8. The van der Waals surface area contributed by atoms with Gasteiger partial charge in [-0.2, -0.15) is 5.10 Å². The first-order valence-electron chi connectivity index (χ1n) is 13.2. The van der Waals surface area contributed by atoms with Gasteiger partial charge < -0.3 is 10.1 Å². The SMILES string of the molecule is COC(=O)C1(Cc2ccc(F)cc2)CCCC(NC(=O)c2ccc(C)[nH]nc(-c3ccnc(C)c3)c(C)c2)C1. The van der Waals surface area contributed by atoms with Gasteiger partial charge in [-0.25, -0.2) is 4.39 Å². The summed E-state index contributed by atoms with van der Waals surface area (Å²) >= 11 is 0. The molecular formula is C31H35FN4O3. The minimum absolute atomic E-state index is 0.216. The highest BCUT2D eigenvalue weighted by atomic mass is 19.1. The van der Waals surface area contributed by atoms with E-state index in [0.717, 1.165) is 46.6 Å². The third-order valence-corrected chi connectivity index (χ3v) is 7.29. The number of H-pyrrole nitrogens is 1. The van der Waals surface area contributed by atoms with E-state index in [1.54, 1.807) is 24.4 Å². The maximum Gasteiger partial charge on any atom is 0.312 e. The molecule has 2 heterocycles. The van der Waals surface area contributed by atoms with Crippen LogP contribution in [-0.2, 0) is 16.0 Å². The van der Waals surface area contributed by atoms with E-state index in [0.29, 0.717) is 24.8 Å². The Balaban J connectivity index is 1.62. The van der Waals surface area contributed by atoms with Crippen LogP contribution in [0.2, 0.25) is 0 Å². The van der Waals surface area contributed by atoms with Crippen LogP contribution >= 0.6 is 0 Å². The van der Waals surface area contributed by atoms with Crippen molar-refractivity contribution in [2.24, 2.45) is 5.41 Å². The van der Waals surface area contributed by atoms with Crippen molar-refractivity contribution < 1.29 is 18.7 Å². The van der Waals surface area contributed by atoms with E-state index in [1.165, 1.54) is 19.2 Å². The fourth-order valence-corrected chi connectivity index (χ4v) is 5.34. The summed E-state index contributed by atoms with van der Waals surface area (Å²) in [7, 11) is 1.39. The van der Waals surface area contributed by atoms with E-state index in [1.807, 2.05) is 45.0 Å². The van der Waals surface area contributed by atoms with E-state index < -0.39 is 5.41 Å². The van der Waals surface area contributed by atoms with Gasteiger partial charge in [0.05, 0.1) is 18.2 Å². The summed E-state index contributed by atoms with van der Waals surface area (Å²) in [5.74, 6) is -0.850. The Morgan fingerprint density at radius 3 is 2.59 bits per heavy atom. The Morgan fingerprint density at radius 1 is 1.10 bits per heavy atom. The zero-order valence-electron chi connectivity index (χ0n) is 22.9. The molecule has 1 aromatic carbocycles. The maximum atomic E-state index is 13.6. The molecule has 0 saturated heterocycles. The second-order valence-corrected chi connectivity index (χ2v) is 10.4. The quantitative estimate of drug-likeness (QED) is 0.397. The number of nitrogens with zero attached hydrogens (tertiary/aromatic N) is 2. The summed E-state index contributed by atoms with van der Waals surface area (Å²) in [6.45, 7) is 5.72. The topological polar surface area (TPSA) is 97.0 Å². The van der Waals surface area contributed by atoms with Gasteiger partial charge in [0.2, 0.25) is 0 Å². The Kier molecular flexibility index (Phi) is 8.74. The number of pyridine rings is 1. The summed E-state index contributed by atoms with van der Waals surface area (Å²) < 4.78 is 18.7. The average molecular weight is 531 g/mol. The molecule has 4 rings (SSSR count). The van der Waals surface area contributed by atoms with Gasteiger partial charge in [0.25, 0.3) is 5.91 Å². The monoisotopic (exact) mass is 530 g/mol. The van der Waals surface area contributed by atoms with Crippen molar-refractivity contribution in [3.05, 3.63) is 94.7 Å². The fraction of sp³-hybridized carbons (Fsp3) is 0.355. The van der Waals surface area contributed by atoms with Crippen molar-refractivity contribution in [2.75, 3.05) is 7.11 Å². The number of aromatic nitrogens is 3. The van der Waals surface area contributed by atoms with Crippen LogP contribution in [0, 0.1) is 32.0 Å². The number of halogens is 1. The molecule has 2 aromatic heterocycles. The molecule has 1 amide bonds. The van der Waals surface area contributed by atoms with Gasteiger partial charge in [0.1, 0.15) is 5.82 Å². The molecule has 7 nitrogen and oxygen atoms in total. The highest BCUT2D eigenvalue weighted by Gasteiger charge is 2.44. The molecule has 2 N–H and O–H groups in total. The van der Waals surface area contributed by atoms with Gasteiger partial charge in [-0.05, 0) is 100 Å². The molecule has 1 saturated carbocycles. The van der Waals surface area contributed by atoms with E-state index in [-0.39, 0.29) is 23.7 Å². The standard InChI is InChI=1S/C31H35FN4O3/c1-20-16-25(10-7-21(2)35-36-28(20)24-13-15-33-22(3)17-24)29(37)34-27-6-5-14-31(19-27,30(38)39-4)18-23-8-11-26(32)12-9-23/h7-13,15-17,27,35H,5-6,14,18-19H2,1-4H3,(H,34,37). The molecule has 204 valence electrons. The first-order valence-corrected chi connectivity index (χ1v) is 13.2. The minimum Gasteiger partial charge on any atom is -0.469 e. The van der Waals surface area contributed by atoms with E-state index in [2.05, 4.69) is 20.5 Å². The number of hydrogen-bond acceptors (Lipinski definition) is 5. The maximum absolute atomic E-state index is 13.6. The Bertz CT molecular complexity index is 1400. The van der Waals surface area contributed by atoms with Crippen LogP contribution in [0.3, 0.4) is 0 Å². The molecule has 2 atom stereocenters. The molecule has 1 aliphatic rings. The van der Waals surface area contributed by atoms with Crippen LogP contribution in [0.4, 0.5) is 4.39 Å². The Hall–Kier alpha value is -4.07. The summed E-state index contributed by atoms with van der Waals surface area (Å²) in [4.78, 5) is 30.9. The number of rotatable bonds is 6. The smallest absolute Gasteiger partial charge is 0.312 e. The first-order chi connectivity index (χ1) is 18.7. The van der Waals surface area contributed by atoms with Gasteiger partial charge in [-0.15, -0.1) is 0 Å². The van der Waals surface area contributed by atoms with E-state index >= 15 is 0 Å². The number of carbonyl (C=O) groups excluding carboxylic acids is 2. The number of aromatic amines is 1. The fourth-order valence-electron chi connectivity index (χ4n) is 5.34. The zero-order valence-corrected chi connectivity index (χ0v) is 22.9. The first kappa shape index (κ1) is 28.0. The van der Waals surface area contributed by atoms with Crippen LogP contribution in [0.25, 0.3) is 11.3 Å². The average Bonchev–Trinajstić information content (AvgIpc) is 2.98. The normalized spacial score (nSPS) is 18.6. The Labute approximate surface area is 228 Å². The molecule has 1 fully saturated rings. The molecule has 8 heteroatoms. The molecule has 0 radical (unpaired) electrons. The van der Waals surface area contributed by atoms with Crippen molar-refractivity contribution in [3.8, 4) is 11.3 Å².